The van der Waals surface area contributed by atoms with Crippen LogP contribution in [0.2, 0.25) is 0 Å². The minimum atomic E-state index is 0.344. The van der Waals surface area contributed by atoms with Gasteiger partial charge in [0.05, 0.1) is 0 Å². The maximum absolute atomic E-state index is 9.25. The first kappa shape index (κ1) is 12.9. The van der Waals surface area contributed by atoms with Crippen LogP contribution in [-0.4, -0.2) is 4.98 Å². The van der Waals surface area contributed by atoms with Gasteiger partial charge in [-0.05, 0) is 23.8 Å². The Bertz CT molecular complexity index is 819. The molecule has 3 heteroatoms. The summed E-state index contributed by atoms with van der Waals surface area (Å²) in [6, 6.07) is 19.5. The summed E-state index contributed by atoms with van der Waals surface area (Å²) in [5, 5.41) is 9.25. The molecule has 0 N–H and O–H groups in total. The van der Waals surface area contributed by atoms with Gasteiger partial charge in [-0.25, -0.2) is 4.98 Å². The number of benzene rings is 2. The molecule has 0 aliphatic carbocycles. The van der Waals surface area contributed by atoms with Crippen LogP contribution in [0.5, 0.6) is 0 Å². The van der Waals surface area contributed by atoms with Crippen LogP contribution in [-0.2, 0) is 0 Å². The van der Waals surface area contributed by atoms with Gasteiger partial charge in [0, 0.05) is 0 Å². The highest BCUT2D eigenvalue weighted by atomic mass is 16.3. The molecule has 1 heterocycles. The molecule has 0 radical (unpaired) electrons. The van der Waals surface area contributed by atoms with Crippen molar-refractivity contribution in [2.24, 2.45) is 0 Å². The summed E-state index contributed by atoms with van der Waals surface area (Å²) in [5.41, 5.74) is 2.91. The van der Waals surface area contributed by atoms with Gasteiger partial charge in [0.1, 0.15) is 17.2 Å². The lowest BCUT2D eigenvalue weighted by atomic mass is 10.2. The van der Waals surface area contributed by atoms with Gasteiger partial charge in [0.2, 0.25) is 5.89 Å². The number of fused-ring (bicyclic) bond motifs is 1. The number of hydrogen-bond acceptors (Lipinski definition) is 3. The van der Waals surface area contributed by atoms with Crippen molar-refractivity contribution < 1.29 is 4.42 Å². The Kier molecular flexibility index (Phi) is 3.62. The zero-order valence-corrected chi connectivity index (χ0v) is 11.2. The zero-order valence-electron chi connectivity index (χ0n) is 11.2. The molecule has 0 spiro atoms. The van der Waals surface area contributed by atoms with Gasteiger partial charge in [0.25, 0.3) is 0 Å². The molecule has 3 nitrogen and oxygen atoms in total. The number of hydrogen-bond donors (Lipinski definition) is 0. The van der Waals surface area contributed by atoms with Crippen molar-refractivity contribution in [3.05, 3.63) is 78.2 Å². The van der Waals surface area contributed by atoms with Gasteiger partial charge in [-0.15, -0.1) is 0 Å². The fourth-order valence-corrected chi connectivity index (χ4v) is 1.96. The van der Waals surface area contributed by atoms with Crippen LogP contribution in [0.1, 0.15) is 11.5 Å². The van der Waals surface area contributed by atoms with E-state index in [2.05, 4.69) is 11.1 Å². The monoisotopic (exact) mass is 272 g/mol. The van der Waals surface area contributed by atoms with Gasteiger partial charge in [-0.2, -0.15) is 5.26 Å². The summed E-state index contributed by atoms with van der Waals surface area (Å²) in [6.45, 7) is 0. The topological polar surface area (TPSA) is 49.8 Å². The van der Waals surface area contributed by atoms with E-state index in [0.29, 0.717) is 17.0 Å². The predicted molar refractivity (Wildman–Crippen MR) is 83.1 cm³/mol. The van der Waals surface area contributed by atoms with Gasteiger partial charge < -0.3 is 4.42 Å². The fourth-order valence-electron chi connectivity index (χ4n) is 1.96. The van der Waals surface area contributed by atoms with E-state index in [0.717, 1.165) is 11.1 Å². The van der Waals surface area contributed by atoms with Crippen LogP contribution < -0.4 is 0 Å². The predicted octanol–water partition coefficient (Wildman–Crippen LogP) is 4.45. The van der Waals surface area contributed by atoms with Crippen molar-refractivity contribution in [1.29, 1.82) is 5.26 Å². The molecule has 3 aromatic rings. The van der Waals surface area contributed by atoms with E-state index in [4.69, 9.17) is 4.42 Å². The van der Waals surface area contributed by atoms with Crippen molar-refractivity contribution in [3.63, 3.8) is 0 Å². The van der Waals surface area contributed by atoms with Crippen LogP contribution in [0.4, 0.5) is 0 Å². The lowest BCUT2D eigenvalue weighted by Gasteiger charge is -1.90. The minimum absolute atomic E-state index is 0.344. The number of nitrogens with zero attached hydrogens (tertiary/aromatic N) is 2. The van der Waals surface area contributed by atoms with E-state index in [1.54, 1.807) is 6.08 Å². The maximum Gasteiger partial charge on any atom is 0.238 e. The highest BCUT2D eigenvalue weighted by Crippen LogP contribution is 2.20. The molecule has 3 rings (SSSR count). The average Bonchev–Trinajstić information content (AvgIpc) is 2.96. The van der Waals surface area contributed by atoms with Crippen LogP contribution in [0.25, 0.3) is 22.7 Å². The normalized spacial score (nSPS) is 11.9. The zero-order chi connectivity index (χ0) is 14.5. The van der Waals surface area contributed by atoms with E-state index in [1.807, 2.05) is 66.7 Å². The minimum Gasteiger partial charge on any atom is -0.435 e. The van der Waals surface area contributed by atoms with Gasteiger partial charge in [0.15, 0.2) is 5.58 Å². The first-order chi connectivity index (χ1) is 10.4. The number of allylic oxidation sites excluding steroid dienone is 3. The molecular weight excluding hydrogens is 260 g/mol. The molecule has 0 saturated carbocycles. The SMILES string of the molecule is N#C/C(=C/C=C/c1ccccc1)c1nc2ccccc2o1. The number of oxazole rings is 1. The van der Waals surface area contributed by atoms with Crippen molar-refractivity contribution >= 4 is 22.7 Å². The molecule has 0 fully saturated rings. The van der Waals surface area contributed by atoms with Crippen LogP contribution in [0.3, 0.4) is 0 Å². The second-order valence-corrected chi connectivity index (χ2v) is 4.45. The maximum atomic E-state index is 9.25. The standard InChI is InChI=1S/C18H12N2O/c19-13-15(10-6-9-14-7-2-1-3-8-14)18-20-16-11-4-5-12-17(16)21-18/h1-12H/b9-6+,15-10-. The fraction of sp³-hybridized carbons (Fsp3) is 0. The smallest absolute Gasteiger partial charge is 0.238 e. The third kappa shape index (κ3) is 2.90. The summed E-state index contributed by atoms with van der Waals surface area (Å²) in [6.07, 6.45) is 5.46. The molecule has 0 aliphatic heterocycles. The molecular formula is C18H12N2O. The quantitative estimate of drug-likeness (QED) is 0.523. The average molecular weight is 272 g/mol. The second-order valence-electron chi connectivity index (χ2n) is 4.45. The Labute approximate surface area is 122 Å². The van der Waals surface area contributed by atoms with E-state index in [-0.39, 0.29) is 0 Å². The molecule has 100 valence electrons. The lowest BCUT2D eigenvalue weighted by molar-refractivity contribution is 0.586. The van der Waals surface area contributed by atoms with Crippen molar-refractivity contribution in [2.45, 2.75) is 0 Å². The van der Waals surface area contributed by atoms with Crippen molar-refractivity contribution in [2.75, 3.05) is 0 Å². The Morgan fingerprint density at radius 1 is 1.05 bits per heavy atom. The number of rotatable bonds is 3. The largest absolute Gasteiger partial charge is 0.435 e. The molecule has 0 saturated heterocycles. The van der Waals surface area contributed by atoms with Crippen LogP contribution >= 0.6 is 0 Å². The number of nitriles is 1. The first-order valence-corrected chi connectivity index (χ1v) is 6.56. The van der Waals surface area contributed by atoms with Gasteiger partial charge in [-0.3, -0.25) is 0 Å². The van der Waals surface area contributed by atoms with Gasteiger partial charge in [-0.1, -0.05) is 54.6 Å². The molecule has 0 unspecified atom stereocenters. The van der Waals surface area contributed by atoms with Crippen LogP contribution in [0.15, 0.2) is 71.2 Å². The lowest BCUT2D eigenvalue weighted by Crippen LogP contribution is -1.79. The van der Waals surface area contributed by atoms with E-state index in [1.165, 1.54) is 0 Å². The highest BCUT2D eigenvalue weighted by Gasteiger charge is 2.08. The Morgan fingerprint density at radius 3 is 2.57 bits per heavy atom. The van der Waals surface area contributed by atoms with E-state index >= 15 is 0 Å². The summed E-state index contributed by atoms with van der Waals surface area (Å²) in [5.74, 6) is 0.344. The third-order valence-corrected chi connectivity index (χ3v) is 3.00. The van der Waals surface area contributed by atoms with Crippen molar-refractivity contribution in [3.8, 4) is 6.07 Å². The Hall–Kier alpha value is -3.12. The second kappa shape index (κ2) is 5.89. The molecule has 21 heavy (non-hydrogen) atoms. The number of para-hydroxylation sites is 2. The summed E-state index contributed by atoms with van der Waals surface area (Å²) < 4.78 is 5.59. The molecule has 0 bridgehead atoms. The molecule has 0 amide bonds. The summed E-state index contributed by atoms with van der Waals surface area (Å²) >= 11 is 0. The van der Waals surface area contributed by atoms with Crippen molar-refractivity contribution in [1.82, 2.24) is 4.98 Å². The van der Waals surface area contributed by atoms with E-state index < -0.39 is 0 Å². The van der Waals surface area contributed by atoms with Crippen LogP contribution in [0, 0.1) is 11.3 Å². The number of aromatic nitrogens is 1. The molecule has 2 aromatic carbocycles. The summed E-state index contributed by atoms with van der Waals surface area (Å²) in [4.78, 5) is 4.32. The van der Waals surface area contributed by atoms with E-state index in [9.17, 15) is 5.26 Å². The third-order valence-electron chi connectivity index (χ3n) is 3.00. The molecule has 0 aliphatic rings. The summed E-state index contributed by atoms with van der Waals surface area (Å²) in [7, 11) is 0. The molecule has 1 aromatic heterocycles. The highest BCUT2D eigenvalue weighted by molar-refractivity contribution is 5.80. The Balaban J connectivity index is 1.89. The van der Waals surface area contributed by atoms with Gasteiger partial charge >= 0.3 is 0 Å². The Morgan fingerprint density at radius 2 is 1.81 bits per heavy atom. The first-order valence-electron chi connectivity index (χ1n) is 6.56. The molecule has 0 atom stereocenters.